The lowest BCUT2D eigenvalue weighted by atomic mass is 9.96. The number of piperidine rings is 1. The largest absolute Gasteiger partial charge is 0.416 e. The first kappa shape index (κ1) is 31.4. The van der Waals surface area contributed by atoms with Gasteiger partial charge in [-0.25, -0.2) is 9.98 Å². The van der Waals surface area contributed by atoms with Crippen molar-refractivity contribution in [1.82, 2.24) is 14.8 Å². The molecular weight excluding hydrogens is 580 g/mol. The highest BCUT2D eigenvalue weighted by Crippen LogP contribution is 2.30. The van der Waals surface area contributed by atoms with Crippen molar-refractivity contribution in [3.8, 4) is 0 Å². The number of amides is 2. The number of rotatable bonds is 7. The molecule has 2 aliphatic rings. The number of alkyl halides is 6. The first-order valence-electron chi connectivity index (χ1n) is 13.3. The number of nitrogens with one attached hydrogen (secondary N) is 1. The van der Waals surface area contributed by atoms with Crippen LogP contribution in [0.5, 0.6) is 0 Å². The van der Waals surface area contributed by atoms with Crippen LogP contribution in [0, 0.1) is 5.92 Å². The lowest BCUT2D eigenvalue weighted by molar-refractivity contribution is -0.150. The van der Waals surface area contributed by atoms with Crippen molar-refractivity contribution in [2.75, 3.05) is 25.0 Å². The van der Waals surface area contributed by atoms with Crippen molar-refractivity contribution >= 4 is 29.2 Å². The first-order chi connectivity index (χ1) is 20.2. The predicted octanol–water partition coefficient (Wildman–Crippen LogP) is 4.71. The van der Waals surface area contributed by atoms with Gasteiger partial charge in [0.25, 0.3) is 5.91 Å². The molecule has 2 aliphatic heterocycles. The number of aliphatic imine (C=N–C) groups is 1. The Morgan fingerprint density at radius 3 is 2.42 bits per heavy atom. The Kier molecular flexibility index (Phi) is 9.30. The van der Waals surface area contributed by atoms with Crippen molar-refractivity contribution in [2.45, 2.75) is 38.0 Å². The summed E-state index contributed by atoms with van der Waals surface area (Å²) in [6.45, 7) is 1.05. The second-order valence-corrected chi connectivity index (χ2v) is 10.1. The smallest absolute Gasteiger partial charge is 0.396 e. The normalized spacial score (nSPS) is 18.7. The molecule has 0 aliphatic carbocycles. The van der Waals surface area contributed by atoms with Gasteiger partial charge in [0.15, 0.2) is 0 Å². The maximum absolute atomic E-state index is 13.0. The van der Waals surface area contributed by atoms with Gasteiger partial charge in [0.05, 0.1) is 17.7 Å². The summed E-state index contributed by atoms with van der Waals surface area (Å²) in [6, 6.07) is 7.49. The van der Waals surface area contributed by atoms with Gasteiger partial charge in [0, 0.05) is 50.2 Å². The molecule has 2 aromatic rings. The highest BCUT2D eigenvalue weighted by Gasteiger charge is 2.32. The highest BCUT2D eigenvalue weighted by atomic mass is 19.4. The Balaban J connectivity index is 1.45. The second kappa shape index (κ2) is 12.8. The quantitative estimate of drug-likeness (QED) is 0.390. The average molecular weight is 610 g/mol. The maximum atomic E-state index is 13.0. The second-order valence-electron chi connectivity index (χ2n) is 10.1. The summed E-state index contributed by atoms with van der Waals surface area (Å²) in [5, 5.41) is 2.34. The van der Waals surface area contributed by atoms with E-state index in [-0.39, 0.29) is 35.4 Å². The van der Waals surface area contributed by atoms with Gasteiger partial charge >= 0.3 is 12.4 Å². The van der Waals surface area contributed by atoms with Crippen LogP contribution in [0.1, 0.15) is 47.2 Å². The van der Waals surface area contributed by atoms with E-state index in [9.17, 15) is 35.9 Å². The Labute approximate surface area is 242 Å². The van der Waals surface area contributed by atoms with Crippen LogP contribution in [0.15, 0.2) is 65.7 Å². The van der Waals surface area contributed by atoms with Crippen LogP contribution in [0.2, 0.25) is 0 Å². The van der Waals surface area contributed by atoms with E-state index >= 15 is 0 Å². The summed E-state index contributed by atoms with van der Waals surface area (Å²) in [4.78, 5) is 36.1. The molecule has 0 saturated carbocycles. The van der Waals surface area contributed by atoms with E-state index in [1.165, 1.54) is 23.2 Å². The van der Waals surface area contributed by atoms with Gasteiger partial charge in [-0.05, 0) is 48.6 Å². The molecule has 2 amide bonds. The molecule has 1 aromatic heterocycles. The van der Waals surface area contributed by atoms with Crippen molar-refractivity contribution in [1.29, 1.82) is 0 Å². The molecule has 0 bridgehead atoms. The molecular formula is C28H29F6N7O2. The van der Waals surface area contributed by atoms with Gasteiger partial charge in [-0.3, -0.25) is 9.59 Å². The lowest BCUT2D eigenvalue weighted by Gasteiger charge is -2.37. The zero-order chi connectivity index (χ0) is 31.4. The van der Waals surface area contributed by atoms with Gasteiger partial charge in [-0.2, -0.15) is 26.3 Å². The summed E-state index contributed by atoms with van der Waals surface area (Å²) in [7, 11) is 0. The third kappa shape index (κ3) is 8.26. The zero-order valence-corrected chi connectivity index (χ0v) is 22.8. The number of hydrogen-bond acceptors (Lipinski definition) is 7. The molecule has 1 aromatic carbocycles. The number of carbonyl (C=O) groups is 2. The van der Waals surface area contributed by atoms with E-state index in [1.807, 2.05) is 0 Å². The van der Waals surface area contributed by atoms with Crippen molar-refractivity contribution in [3.05, 3.63) is 77.4 Å². The van der Waals surface area contributed by atoms with E-state index in [4.69, 9.17) is 11.5 Å². The molecule has 0 unspecified atom stereocenters. The van der Waals surface area contributed by atoms with E-state index in [1.54, 1.807) is 23.2 Å². The van der Waals surface area contributed by atoms with Crippen molar-refractivity contribution in [3.63, 3.8) is 0 Å². The molecule has 0 radical (unpaired) electrons. The number of halogens is 6. The number of hydrogen-bond donors (Lipinski definition) is 3. The molecule has 0 spiro atoms. The van der Waals surface area contributed by atoms with Crippen LogP contribution in [0.25, 0.3) is 5.70 Å². The Morgan fingerprint density at radius 1 is 1.05 bits per heavy atom. The summed E-state index contributed by atoms with van der Waals surface area (Å²) < 4.78 is 76.7. The SMILES string of the molecule is NC1=NC=CN(C[C@@H]2CCCN(C(=O)CCC(F)(F)F)C2)/C1=C(\N)c1ccc(C(=O)Nc2cc(C(F)(F)F)ccn2)cc1. The Morgan fingerprint density at radius 2 is 1.74 bits per heavy atom. The van der Waals surface area contributed by atoms with Gasteiger partial charge < -0.3 is 26.6 Å². The summed E-state index contributed by atoms with van der Waals surface area (Å²) in [5.41, 5.74) is 12.9. The predicted molar refractivity (Wildman–Crippen MR) is 147 cm³/mol. The molecule has 15 heteroatoms. The number of nitrogens with zero attached hydrogens (tertiary/aromatic N) is 4. The van der Waals surface area contributed by atoms with Gasteiger partial charge in [0.2, 0.25) is 5.91 Å². The van der Waals surface area contributed by atoms with E-state index in [2.05, 4.69) is 15.3 Å². The number of aromatic nitrogens is 1. The minimum atomic E-state index is -4.59. The van der Waals surface area contributed by atoms with Crippen LogP contribution in [-0.4, -0.2) is 58.2 Å². The fourth-order valence-corrected chi connectivity index (χ4v) is 4.85. The molecule has 1 atom stereocenters. The first-order valence-corrected chi connectivity index (χ1v) is 13.3. The Bertz CT molecular complexity index is 1430. The lowest BCUT2D eigenvalue weighted by Crippen LogP contribution is -2.44. The fourth-order valence-electron chi connectivity index (χ4n) is 4.85. The number of amidine groups is 1. The van der Waals surface area contributed by atoms with E-state index in [0.29, 0.717) is 30.8 Å². The van der Waals surface area contributed by atoms with Crippen LogP contribution in [0.4, 0.5) is 32.2 Å². The Hall–Kier alpha value is -4.56. The van der Waals surface area contributed by atoms with Gasteiger partial charge in [0.1, 0.15) is 17.4 Å². The molecule has 230 valence electrons. The number of anilines is 1. The topological polar surface area (TPSA) is 130 Å². The summed E-state index contributed by atoms with van der Waals surface area (Å²) in [5.74, 6) is -1.44. The third-order valence-electron chi connectivity index (χ3n) is 6.98. The van der Waals surface area contributed by atoms with Crippen molar-refractivity contribution in [2.24, 2.45) is 22.4 Å². The standard InChI is InChI=1S/C28H29F6N7O2/c29-27(30,31)9-7-22(42)40-12-1-2-17(15-40)16-41-13-11-38-25(36)24(41)23(35)18-3-5-19(6-4-18)26(43)39-21-14-20(8-10-37-21)28(32,33)34/h3-6,8,10-11,13-14,17H,1-2,7,9,12,15-16,35H2,(H2,36,38)(H,37,39,43)/b24-23-/t17-/m1/s1. The van der Waals surface area contributed by atoms with Crippen LogP contribution in [-0.2, 0) is 11.0 Å². The fraction of sp³-hybridized carbons (Fsp3) is 0.357. The van der Waals surface area contributed by atoms with Crippen molar-refractivity contribution < 1.29 is 35.9 Å². The van der Waals surface area contributed by atoms with Gasteiger partial charge in [-0.1, -0.05) is 12.1 Å². The number of pyridine rings is 1. The molecule has 9 nitrogen and oxygen atoms in total. The molecule has 3 heterocycles. The maximum Gasteiger partial charge on any atom is 0.416 e. The van der Waals surface area contributed by atoms with E-state index < -0.39 is 42.6 Å². The molecule has 1 saturated heterocycles. The minimum Gasteiger partial charge on any atom is -0.396 e. The van der Waals surface area contributed by atoms with Gasteiger partial charge in [-0.15, -0.1) is 0 Å². The molecule has 1 fully saturated rings. The monoisotopic (exact) mass is 609 g/mol. The summed E-state index contributed by atoms with van der Waals surface area (Å²) >= 11 is 0. The number of likely N-dealkylation sites (tertiary alicyclic amines) is 1. The molecule has 5 N–H and O–H groups in total. The number of nitrogens with two attached hydrogens (primary N) is 2. The molecule has 4 rings (SSSR count). The van der Waals surface area contributed by atoms with Crippen LogP contribution < -0.4 is 16.8 Å². The minimum absolute atomic E-state index is 0.0718. The highest BCUT2D eigenvalue weighted by molar-refractivity contribution is 6.05. The van der Waals surface area contributed by atoms with Crippen LogP contribution >= 0.6 is 0 Å². The third-order valence-corrected chi connectivity index (χ3v) is 6.98. The molecule has 43 heavy (non-hydrogen) atoms. The number of benzene rings is 1. The zero-order valence-electron chi connectivity index (χ0n) is 22.8. The average Bonchev–Trinajstić information content (AvgIpc) is 2.95. The summed E-state index contributed by atoms with van der Waals surface area (Å²) in [6.07, 6.45) is -5.29. The van der Waals surface area contributed by atoms with Crippen LogP contribution in [0.3, 0.4) is 0 Å². The number of carbonyl (C=O) groups excluding carboxylic acids is 2. The van der Waals surface area contributed by atoms with E-state index in [0.717, 1.165) is 24.8 Å².